The SMILES string of the molecule is CCN(CC)c1ccc(-c2cc3c(s2)C(=O)c2sc(-c4ccc(N(CC)CC)cc4)cc2P3(=O)c2ccccc2)cc1. The summed E-state index contributed by atoms with van der Waals surface area (Å²) in [5.41, 5.74) is 4.43. The maximum Gasteiger partial charge on any atom is 0.214 e. The van der Waals surface area contributed by atoms with Crippen molar-refractivity contribution < 1.29 is 9.36 Å². The van der Waals surface area contributed by atoms with Crippen molar-refractivity contribution in [1.29, 1.82) is 0 Å². The standard InChI is InChI=1S/C35H35N2O2PS2/c1-5-36(6-2)26-18-14-24(15-19-26)31-22-29-34(41-31)33(38)35-30(40(29,39)28-12-10-9-11-13-28)23-32(42-35)25-16-20-27(21-17-25)37(7-3)8-4/h9-23H,5-8H2,1-4H3. The first-order valence-electron chi connectivity index (χ1n) is 14.6. The zero-order valence-electron chi connectivity index (χ0n) is 24.5. The Kier molecular flexibility index (Phi) is 7.97. The van der Waals surface area contributed by atoms with Crippen molar-refractivity contribution in [2.75, 3.05) is 36.0 Å². The molecule has 0 unspecified atom stereocenters. The summed E-state index contributed by atoms with van der Waals surface area (Å²) in [6.07, 6.45) is 0. The van der Waals surface area contributed by atoms with Crippen LogP contribution in [0.15, 0.2) is 91.0 Å². The molecule has 0 amide bonds. The number of nitrogens with zero attached hydrogens (tertiary/aromatic N) is 2. The molecule has 0 saturated heterocycles. The molecular formula is C35H35N2O2PS2. The van der Waals surface area contributed by atoms with E-state index < -0.39 is 7.14 Å². The maximum atomic E-state index is 15.4. The van der Waals surface area contributed by atoms with Gasteiger partial charge in [0.25, 0.3) is 0 Å². The third-order valence-electron chi connectivity index (χ3n) is 8.20. The summed E-state index contributed by atoms with van der Waals surface area (Å²) in [7, 11) is -3.27. The van der Waals surface area contributed by atoms with E-state index in [9.17, 15) is 4.79 Å². The van der Waals surface area contributed by atoms with E-state index in [1.807, 2.05) is 42.5 Å². The van der Waals surface area contributed by atoms with Gasteiger partial charge in [-0.05, 0) is 75.2 Å². The summed E-state index contributed by atoms with van der Waals surface area (Å²) in [4.78, 5) is 21.8. The van der Waals surface area contributed by atoms with E-state index in [1.165, 1.54) is 34.0 Å². The van der Waals surface area contributed by atoms with Crippen molar-refractivity contribution in [2.24, 2.45) is 0 Å². The lowest BCUT2D eigenvalue weighted by Gasteiger charge is -2.23. The number of benzene rings is 3. The summed E-state index contributed by atoms with van der Waals surface area (Å²) < 4.78 is 15.4. The van der Waals surface area contributed by atoms with Crippen LogP contribution >= 0.6 is 29.8 Å². The third-order valence-corrected chi connectivity index (χ3v) is 14.0. The summed E-state index contributed by atoms with van der Waals surface area (Å²) in [5.74, 6) is -0.0190. The van der Waals surface area contributed by atoms with E-state index in [0.29, 0.717) is 20.4 Å². The van der Waals surface area contributed by atoms with Gasteiger partial charge in [0.1, 0.15) is 0 Å². The Balaban J connectivity index is 1.45. The predicted octanol–water partition coefficient (Wildman–Crippen LogP) is 8.02. The lowest BCUT2D eigenvalue weighted by atomic mass is 10.1. The van der Waals surface area contributed by atoms with Gasteiger partial charge in [-0.1, -0.05) is 54.6 Å². The first-order valence-corrected chi connectivity index (χ1v) is 18.0. The molecule has 4 nitrogen and oxygen atoms in total. The average Bonchev–Trinajstić information content (AvgIpc) is 3.70. The highest BCUT2D eigenvalue weighted by Crippen LogP contribution is 2.53. The van der Waals surface area contributed by atoms with E-state index >= 15 is 4.57 Å². The van der Waals surface area contributed by atoms with Gasteiger partial charge >= 0.3 is 0 Å². The second-order valence-corrected chi connectivity index (χ2v) is 15.2. The van der Waals surface area contributed by atoms with Crippen molar-refractivity contribution in [3.8, 4) is 20.9 Å². The molecule has 0 spiro atoms. The highest BCUT2D eigenvalue weighted by atomic mass is 32.1. The van der Waals surface area contributed by atoms with Crippen LogP contribution in [0.1, 0.15) is 42.2 Å². The predicted molar refractivity (Wildman–Crippen MR) is 183 cm³/mol. The van der Waals surface area contributed by atoms with Crippen LogP contribution in [-0.4, -0.2) is 32.0 Å². The number of fused-ring (bicyclic) bond motifs is 2. The van der Waals surface area contributed by atoms with Crippen molar-refractivity contribution in [3.63, 3.8) is 0 Å². The Bertz CT molecular complexity index is 1660. The molecule has 0 atom stereocenters. The molecule has 0 N–H and O–H groups in total. The smallest absolute Gasteiger partial charge is 0.214 e. The molecule has 214 valence electrons. The lowest BCUT2D eigenvalue weighted by Crippen LogP contribution is -2.33. The number of hydrogen-bond donors (Lipinski definition) is 0. The summed E-state index contributed by atoms with van der Waals surface area (Å²) >= 11 is 2.93. The van der Waals surface area contributed by atoms with Gasteiger partial charge in [0.15, 0.2) is 7.14 Å². The van der Waals surface area contributed by atoms with E-state index in [0.717, 1.165) is 52.4 Å². The zero-order chi connectivity index (χ0) is 29.4. The molecule has 1 aliphatic rings. The largest absolute Gasteiger partial charge is 0.372 e. The average molecular weight is 611 g/mol. The Morgan fingerprint density at radius 1 is 0.595 bits per heavy atom. The topological polar surface area (TPSA) is 40.6 Å². The molecule has 0 bridgehead atoms. The van der Waals surface area contributed by atoms with Gasteiger partial charge in [0, 0.05) is 63.2 Å². The van der Waals surface area contributed by atoms with Crippen molar-refractivity contribution in [2.45, 2.75) is 27.7 Å². The second-order valence-electron chi connectivity index (χ2n) is 10.4. The number of thiophene rings is 2. The van der Waals surface area contributed by atoms with Crippen LogP contribution in [0.5, 0.6) is 0 Å². The van der Waals surface area contributed by atoms with Crippen LogP contribution in [0.4, 0.5) is 11.4 Å². The fraction of sp³-hybridized carbons (Fsp3) is 0.229. The van der Waals surface area contributed by atoms with Gasteiger partial charge < -0.3 is 14.4 Å². The maximum absolute atomic E-state index is 15.4. The molecule has 2 aromatic heterocycles. The molecule has 0 aliphatic carbocycles. The van der Waals surface area contributed by atoms with Gasteiger partial charge in [0.2, 0.25) is 5.78 Å². The molecule has 1 aliphatic heterocycles. The van der Waals surface area contributed by atoms with Gasteiger partial charge in [-0.15, -0.1) is 22.7 Å². The van der Waals surface area contributed by atoms with Gasteiger partial charge in [0.05, 0.1) is 9.75 Å². The van der Waals surface area contributed by atoms with E-state index in [2.05, 4.69) is 86.0 Å². The molecule has 0 saturated carbocycles. The van der Waals surface area contributed by atoms with Gasteiger partial charge in [-0.25, -0.2) is 0 Å². The third kappa shape index (κ3) is 4.76. The fourth-order valence-corrected chi connectivity index (χ4v) is 11.9. The first-order chi connectivity index (χ1) is 20.4. The van der Waals surface area contributed by atoms with Gasteiger partial charge in [-0.3, -0.25) is 4.79 Å². The minimum absolute atomic E-state index is 0.0190. The van der Waals surface area contributed by atoms with Crippen LogP contribution in [0.25, 0.3) is 20.9 Å². The molecule has 3 aromatic carbocycles. The van der Waals surface area contributed by atoms with E-state index in [4.69, 9.17) is 0 Å². The lowest BCUT2D eigenvalue weighted by molar-refractivity contribution is 0.104. The highest BCUT2D eigenvalue weighted by molar-refractivity contribution is 7.86. The molecule has 0 radical (unpaired) electrons. The van der Waals surface area contributed by atoms with Crippen LogP contribution in [0.2, 0.25) is 0 Å². The Hall–Kier alpha value is -3.44. The Morgan fingerprint density at radius 2 is 1.00 bits per heavy atom. The monoisotopic (exact) mass is 610 g/mol. The molecule has 0 fully saturated rings. The minimum atomic E-state index is -3.27. The molecule has 42 heavy (non-hydrogen) atoms. The van der Waals surface area contributed by atoms with Crippen LogP contribution < -0.4 is 25.7 Å². The fourth-order valence-electron chi connectivity index (χ4n) is 5.84. The minimum Gasteiger partial charge on any atom is -0.372 e. The van der Waals surface area contributed by atoms with Gasteiger partial charge in [-0.2, -0.15) is 0 Å². The molecular weight excluding hydrogens is 576 g/mol. The van der Waals surface area contributed by atoms with E-state index in [-0.39, 0.29) is 5.78 Å². The number of carbonyl (C=O) groups is 1. The number of hydrogen-bond acceptors (Lipinski definition) is 6. The zero-order valence-corrected chi connectivity index (χ0v) is 27.0. The van der Waals surface area contributed by atoms with Crippen LogP contribution in [0, 0.1) is 0 Å². The normalized spacial score (nSPS) is 13.5. The highest BCUT2D eigenvalue weighted by Gasteiger charge is 2.44. The number of rotatable bonds is 9. The second kappa shape index (κ2) is 11.7. The number of ketones is 1. The van der Waals surface area contributed by atoms with Crippen LogP contribution in [0.3, 0.4) is 0 Å². The van der Waals surface area contributed by atoms with Crippen molar-refractivity contribution >= 4 is 62.9 Å². The molecule has 3 heterocycles. The number of carbonyl (C=O) groups excluding carboxylic acids is 1. The van der Waals surface area contributed by atoms with Crippen molar-refractivity contribution in [3.05, 3.63) is 101 Å². The van der Waals surface area contributed by atoms with Crippen molar-refractivity contribution in [1.82, 2.24) is 0 Å². The summed E-state index contributed by atoms with van der Waals surface area (Å²) in [5, 5.41) is 2.10. The Labute approximate surface area is 256 Å². The summed E-state index contributed by atoms with van der Waals surface area (Å²) in [6.45, 7) is 12.4. The molecule has 6 rings (SSSR count). The Morgan fingerprint density at radius 3 is 1.38 bits per heavy atom. The first kappa shape index (κ1) is 28.7. The quantitative estimate of drug-likeness (QED) is 0.156. The van der Waals surface area contributed by atoms with E-state index in [1.54, 1.807) is 0 Å². The number of anilines is 2. The molecule has 7 heteroatoms. The van der Waals surface area contributed by atoms with Crippen LogP contribution in [-0.2, 0) is 4.57 Å². The summed E-state index contributed by atoms with van der Waals surface area (Å²) in [6, 6.07) is 30.7. The molecule has 5 aromatic rings.